The highest BCUT2D eigenvalue weighted by atomic mass is 35.5. The number of β-amino-alcohol motifs (C(OH)–C–C–N with tert-alkyl or cyclic N) is 1. The molecule has 0 saturated heterocycles. The Morgan fingerprint density at radius 2 is 1.78 bits per heavy atom. The molecule has 192 valence electrons. The van der Waals surface area contributed by atoms with E-state index in [0.717, 1.165) is 28.7 Å². The SMILES string of the molecule is Cc1cc(-c2ccccc2C(C)OC[C@@H](O)CNC(C)(C)Cc2ccc(Cl)c(Cl)c2)ccc1C(=O)O. The molecular formula is C29H33Cl2NO4. The molecule has 0 saturated carbocycles. The summed E-state index contributed by atoms with van der Waals surface area (Å²) in [7, 11) is 0. The average molecular weight is 530 g/mol. The zero-order chi connectivity index (χ0) is 26.5. The first-order valence-electron chi connectivity index (χ1n) is 11.9. The largest absolute Gasteiger partial charge is 0.478 e. The van der Waals surface area contributed by atoms with Crippen LogP contribution in [-0.4, -0.2) is 41.0 Å². The molecule has 36 heavy (non-hydrogen) atoms. The highest BCUT2D eigenvalue weighted by Crippen LogP contribution is 2.31. The maximum atomic E-state index is 11.4. The molecule has 0 bridgehead atoms. The summed E-state index contributed by atoms with van der Waals surface area (Å²) in [6, 6.07) is 18.8. The van der Waals surface area contributed by atoms with Gasteiger partial charge in [0.2, 0.25) is 0 Å². The van der Waals surface area contributed by atoms with Gasteiger partial charge < -0.3 is 20.3 Å². The van der Waals surface area contributed by atoms with Gasteiger partial charge in [-0.25, -0.2) is 4.79 Å². The Balaban J connectivity index is 1.59. The van der Waals surface area contributed by atoms with Crippen LogP contribution < -0.4 is 5.32 Å². The number of carbonyl (C=O) groups is 1. The molecule has 0 aliphatic carbocycles. The molecule has 3 rings (SSSR count). The Hall–Kier alpha value is -2.41. The molecule has 0 aliphatic heterocycles. The standard InChI is InChI=1S/C29H33Cl2NO4/c1-18-13-21(10-11-23(18)28(34)35)25-8-6-5-7-24(25)19(2)36-17-22(33)16-32-29(3,4)15-20-9-12-26(30)27(31)14-20/h5-14,19,22,32-33H,15-17H2,1-4H3,(H,34,35)/t19?,22-/m0/s1. The van der Waals surface area contributed by atoms with E-state index in [1.165, 1.54) is 0 Å². The van der Waals surface area contributed by atoms with Gasteiger partial charge in [-0.1, -0.05) is 65.7 Å². The van der Waals surface area contributed by atoms with E-state index in [-0.39, 0.29) is 18.2 Å². The van der Waals surface area contributed by atoms with E-state index in [0.29, 0.717) is 27.7 Å². The van der Waals surface area contributed by atoms with E-state index in [9.17, 15) is 15.0 Å². The number of aromatic carboxylic acids is 1. The van der Waals surface area contributed by atoms with E-state index in [1.54, 1.807) is 19.1 Å². The van der Waals surface area contributed by atoms with Crippen molar-refractivity contribution in [3.63, 3.8) is 0 Å². The van der Waals surface area contributed by atoms with Gasteiger partial charge in [0.1, 0.15) is 0 Å². The second-order valence-electron chi connectivity index (χ2n) is 9.74. The van der Waals surface area contributed by atoms with Gasteiger partial charge in [-0.3, -0.25) is 0 Å². The van der Waals surface area contributed by atoms with Crippen molar-refractivity contribution in [1.82, 2.24) is 5.32 Å². The molecule has 3 N–H and O–H groups in total. The summed E-state index contributed by atoms with van der Waals surface area (Å²) in [4.78, 5) is 11.4. The fourth-order valence-corrected chi connectivity index (χ4v) is 4.53. The first-order chi connectivity index (χ1) is 17.0. The normalized spacial score (nSPS) is 13.4. The number of ether oxygens (including phenoxy) is 1. The predicted molar refractivity (Wildman–Crippen MR) is 146 cm³/mol. The van der Waals surface area contributed by atoms with Crippen molar-refractivity contribution in [2.45, 2.75) is 51.9 Å². The molecule has 0 amide bonds. The number of hydrogen-bond donors (Lipinski definition) is 3. The molecule has 5 nitrogen and oxygen atoms in total. The minimum absolute atomic E-state index is 0.169. The predicted octanol–water partition coefficient (Wildman–Crippen LogP) is 6.72. The van der Waals surface area contributed by atoms with Crippen LogP contribution in [0.3, 0.4) is 0 Å². The maximum absolute atomic E-state index is 11.4. The molecule has 3 aromatic rings. The summed E-state index contributed by atoms with van der Waals surface area (Å²) < 4.78 is 6.04. The first kappa shape index (κ1) is 28.2. The van der Waals surface area contributed by atoms with Gasteiger partial charge in [0.25, 0.3) is 0 Å². The smallest absolute Gasteiger partial charge is 0.335 e. The quantitative estimate of drug-likeness (QED) is 0.257. The molecule has 3 aromatic carbocycles. The topological polar surface area (TPSA) is 78.8 Å². The molecule has 0 spiro atoms. The molecule has 0 fully saturated rings. The first-order valence-corrected chi connectivity index (χ1v) is 12.6. The second-order valence-corrected chi connectivity index (χ2v) is 10.6. The monoisotopic (exact) mass is 529 g/mol. The van der Waals surface area contributed by atoms with Crippen LogP contribution in [0, 0.1) is 6.92 Å². The molecule has 0 aliphatic rings. The molecule has 2 atom stereocenters. The number of nitrogens with one attached hydrogen (secondary N) is 1. The number of benzene rings is 3. The van der Waals surface area contributed by atoms with Gasteiger partial charge in [-0.15, -0.1) is 0 Å². The lowest BCUT2D eigenvalue weighted by molar-refractivity contribution is -0.00397. The molecule has 1 unspecified atom stereocenters. The van der Waals surface area contributed by atoms with Gasteiger partial charge in [-0.05, 0) is 80.1 Å². The lowest BCUT2D eigenvalue weighted by Gasteiger charge is -2.28. The van der Waals surface area contributed by atoms with Crippen molar-refractivity contribution < 1.29 is 19.7 Å². The third-order valence-electron chi connectivity index (χ3n) is 6.15. The van der Waals surface area contributed by atoms with Crippen LogP contribution in [0.1, 0.15) is 53.9 Å². The Bertz CT molecular complexity index is 1210. The van der Waals surface area contributed by atoms with Gasteiger partial charge in [0, 0.05) is 12.1 Å². The summed E-state index contributed by atoms with van der Waals surface area (Å²) >= 11 is 12.1. The Morgan fingerprint density at radius 1 is 1.06 bits per heavy atom. The van der Waals surface area contributed by atoms with E-state index < -0.39 is 12.1 Å². The summed E-state index contributed by atoms with van der Waals surface area (Å²) in [6.45, 7) is 8.42. The van der Waals surface area contributed by atoms with Crippen molar-refractivity contribution in [2.75, 3.05) is 13.2 Å². The van der Waals surface area contributed by atoms with E-state index in [2.05, 4.69) is 19.2 Å². The van der Waals surface area contributed by atoms with Crippen LogP contribution in [0.15, 0.2) is 60.7 Å². The van der Waals surface area contributed by atoms with Gasteiger partial charge in [-0.2, -0.15) is 0 Å². The van der Waals surface area contributed by atoms with E-state index >= 15 is 0 Å². The molecule has 0 heterocycles. The van der Waals surface area contributed by atoms with Crippen LogP contribution in [-0.2, 0) is 11.2 Å². The highest BCUT2D eigenvalue weighted by Gasteiger charge is 2.21. The Kier molecular flexibility index (Phi) is 9.56. The summed E-state index contributed by atoms with van der Waals surface area (Å²) in [5, 5.41) is 24.4. The van der Waals surface area contributed by atoms with E-state index in [1.807, 2.05) is 55.5 Å². The average Bonchev–Trinajstić information content (AvgIpc) is 2.83. The number of carboxylic acid groups (broad SMARTS) is 1. The molecule has 0 aromatic heterocycles. The number of hydrogen-bond acceptors (Lipinski definition) is 4. The molecule has 7 heteroatoms. The van der Waals surface area contributed by atoms with Crippen LogP contribution >= 0.6 is 23.2 Å². The maximum Gasteiger partial charge on any atom is 0.335 e. The van der Waals surface area contributed by atoms with Crippen molar-refractivity contribution in [3.8, 4) is 11.1 Å². The molecular weight excluding hydrogens is 497 g/mol. The Labute approximate surface area is 223 Å². The lowest BCUT2D eigenvalue weighted by atomic mass is 9.94. The minimum Gasteiger partial charge on any atom is -0.478 e. The van der Waals surface area contributed by atoms with Gasteiger partial charge in [0.05, 0.1) is 34.4 Å². The second kappa shape index (κ2) is 12.2. The van der Waals surface area contributed by atoms with Crippen LogP contribution in [0.2, 0.25) is 10.0 Å². The van der Waals surface area contributed by atoms with Crippen molar-refractivity contribution >= 4 is 29.2 Å². The van der Waals surface area contributed by atoms with E-state index in [4.69, 9.17) is 27.9 Å². The zero-order valence-corrected chi connectivity index (χ0v) is 22.5. The number of aliphatic hydroxyl groups excluding tert-OH is 1. The summed E-state index contributed by atoms with van der Waals surface area (Å²) in [6.07, 6.45) is -0.231. The zero-order valence-electron chi connectivity index (χ0n) is 21.0. The van der Waals surface area contributed by atoms with Crippen molar-refractivity contribution in [3.05, 3.63) is 93.0 Å². The fourth-order valence-electron chi connectivity index (χ4n) is 4.21. The number of carboxylic acids is 1. The van der Waals surface area contributed by atoms with Crippen LogP contribution in [0.25, 0.3) is 11.1 Å². The van der Waals surface area contributed by atoms with Crippen LogP contribution in [0.4, 0.5) is 0 Å². The Morgan fingerprint density at radius 3 is 2.44 bits per heavy atom. The number of rotatable bonds is 11. The van der Waals surface area contributed by atoms with Gasteiger partial charge >= 0.3 is 5.97 Å². The summed E-state index contributed by atoms with van der Waals surface area (Å²) in [5.74, 6) is -0.938. The highest BCUT2D eigenvalue weighted by molar-refractivity contribution is 6.42. The minimum atomic E-state index is -0.938. The lowest BCUT2D eigenvalue weighted by Crippen LogP contribution is -2.46. The third-order valence-corrected chi connectivity index (χ3v) is 6.89. The van der Waals surface area contributed by atoms with Crippen molar-refractivity contribution in [2.24, 2.45) is 0 Å². The third kappa shape index (κ3) is 7.55. The van der Waals surface area contributed by atoms with Crippen molar-refractivity contribution in [1.29, 1.82) is 0 Å². The van der Waals surface area contributed by atoms with Crippen LogP contribution in [0.5, 0.6) is 0 Å². The number of aliphatic hydroxyl groups is 1. The number of halogens is 2. The molecule has 0 radical (unpaired) electrons. The van der Waals surface area contributed by atoms with Gasteiger partial charge in [0.15, 0.2) is 0 Å². The number of aryl methyl sites for hydroxylation is 1. The summed E-state index contributed by atoms with van der Waals surface area (Å²) in [5.41, 5.74) is 4.66. The fraction of sp³-hybridized carbons (Fsp3) is 0.345.